The first-order valence-electron chi connectivity index (χ1n) is 4.38. The Morgan fingerprint density at radius 1 is 1.62 bits per heavy atom. The number of H-pyrrole nitrogens is 2. The number of aromatic amines is 2. The van der Waals surface area contributed by atoms with E-state index in [1.54, 1.807) is 6.92 Å². The molecule has 16 heavy (non-hydrogen) atoms. The number of thioether (sulfide) groups is 1. The van der Waals surface area contributed by atoms with Gasteiger partial charge in [-0.25, -0.2) is 10.1 Å². The molecule has 0 aliphatic carbocycles. The van der Waals surface area contributed by atoms with E-state index in [4.69, 9.17) is 16.6 Å². The lowest BCUT2D eigenvalue weighted by atomic mass is 10.5. The highest BCUT2D eigenvalue weighted by molar-refractivity contribution is 7.98. The van der Waals surface area contributed by atoms with Gasteiger partial charge >= 0.3 is 0 Å². The first-order valence-corrected chi connectivity index (χ1v) is 5.78. The number of nitrogens with one attached hydrogen (secondary N) is 2. The van der Waals surface area contributed by atoms with Gasteiger partial charge in [0, 0.05) is 11.8 Å². The standard InChI is InChI=1S/C8H8N4O2S2/c1-4-2-5(13)10-7(9-4)16-3-6-11-12-8(15)14-6/h2H,3H2,1H3,(H,12,15)(H,9,10,13). The summed E-state index contributed by atoms with van der Waals surface area (Å²) in [6.45, 7) is 1.76. The van der Waals surface area contributed by atoms with Crippen LogP contribution in [0.25, 0.3) is 0 Å². The van der Waals surface area contributed by atoms with Crippen LogP contribution in [0.4, 0.5) is 0 Å². The van der Waals surface area contributed by atoms with E-state index in [1.807, 2.05) is 0 Å². The van der Waals surface area contributed by atoms with Crippen molar-refractivity contribution in [1.29, 1.82) is 0 Å². The van der Waals surface area contributed by atoms with Gasteiger partial charge in [-0.1, -0.05) is 11.8 Å². The first-order chi connectivity index (χ1) is 7.63. The van der Waals surface area contributed by atoms with E-state index in [0.29, 0.717) is 22.5 Å². The fourth-order valence-corrected chi connectivity index (χ4v) is 1.98. The fraction of sp³-hybridized carbons (Fsp3) is 0.250. The Balaban J connectivity index is 2.10. The number of hydrogen-bond donors (Lipinski definition) is 2. The van der Waals surface area contributed by atoms with Gasteiger partial charge in [0.2, 0.25) is 5.89 Å². The van der Waals surface area contributed by atoms with Crippen LogP contribution in [-0.2, 0) is 5.75 Å². The van der Waals surface area contributed by atoms with E-state index in [-0.39, 0.29) is 10.4 Å². The zero-order valence-electron chi connectivity index (χ0n) is 8.31. The Labute approximate surface area is 99.5 Å². The van der Waals surface area contributed by atoms with Crippen molar-refractivity contribution in [2.45, 2.75) is 17.8 Å². The molecule has 6 nitrogen and oxygen atoms in total. The lowest BCUT2D eigenvalue weighted by Gasteiger charge is -1.98. The molecule has 0 atom stereocenters. The smallest absolute Gasteiger partial charge is 0.284 e. The van der Waals surface area contributed by atoms with Gasteiger partial charge in [-0.15, -0.1) is 5.10 Å². The van der Waals surface area contributed by atoms with Gasteiger partial charge in [0.1, 0.15) is 0 Å². The van der Waals surface area contributed by atoms with Gasteiger partial charge in [-0.3, -0.25) is 4.79 Å². The molecule has 2 aromatic heterocycles. The molecule has 8 heteroatoms. The van der Waals surface area contributed by atoms with Crippen LogP contribution in [0.5, 0.6) is 0 Å². The Kier molecular flexibility index (Phi) is 3.20. The summed E-state index contributed by atoms with van der Waals surface area (Å²) in [6, 6.07) is 1.43. The molecule has 2 heterocycles. The van der Waals surface area contributed by atoms with E-state index < -0.39 is 0 Å². The van der Waals surface area contributed by atoms with Gasteiger partial charge in [0.15, 0.2) is 5.16 Å². The van der Waals surface area contributed by atoms with Gasteiger partial charge in [-0.05, 0) is 19.1 Å². The predicted octanol–water partition coefficient (Wildman–Crippen LogP) is 1.42. The van der Waals surface area contributed by atoms with Crippen molar-refractivity contribution < 1.29 is 4.42 Å². The van der Waals surface area contributed by atoms with E-state index >= 15 is 0 Å². The maximum atomic E-state index is 11.2. The molecule has 0 bridgehead atoms. The summed E-state index contributed by atoms with van der Waals surface area (Å²) in [5.74, 6) is 0.929. The van der Waals surface area contributed by atoms with Crippen molar-refractivity contribution in [3.63, 3.8) is 0 Å². The third-order valence-electron chi connectivity index (χ3n) is 1.66. The van der Waals surface area contributed by atoms with Crippen molar-refractivity contribution >= 4 is 24.0 Å². The van der Waals surface area contributed by atoms with Crippen LogP contribution in [0.2, 0.25) is 0 Å². The van der Waals surface area contributed by atoms with Crippen LogP contribution in [0.1, 0.15) is 11.6 Å². The van der Waals surface area contributed by atoms with E-state index in [2.05, 4.69) is 20.2 Å². The number of hydrogen-bond acceptors (Lipinski definition) is 6. The topological polar surface area (TPSA) is 87.6 Å². The summed E-state index contributed by atoms with van der Waals surface area (Å²) < 4.78 is 5.07. The molecular formula is C8H8N4O2S2. The number of nitrogens with zero attached hydrogens (tertiary/aromatic N) is 2. The molecule has 0 amide bonds. The van der Waals surface area contributed by atoms with Gasteiger partial charge in [0.05, 0.1) is 5.75 Å². The van der Waals surface area contributed by atoms with Gasteiger partial charge in [0.25, 0.3) is 10.4 Å². The minimum atomic E-state index is -0.169. The highest BCUT2D eigenvalue weighted by atomic mass is 32.2. The maximum Gasteiger partial charge on any atom is 0.284 e. The van der Waals surface area contributed by atoms with E-state index in [0.717, 1.165) is 0 Å². The minimum Gasteiger partial charge on any atom is -0.413 e. The monoisotopic (exact) mass is 256 g/mol. The quantitative estimate of drug-likeness (QED) is 0.490. The molecule has 0 saturated carbocycles. The Bertz CT molecular complexity index is 600. The average Bonchev–Trinajstić information content (AvgIpc) is 2.60. The molecule has 2 aromatic rings. The zero-order chi connectivity index (χ0) is 11.5. The SMILES string of the molecule is Cc1cc(=O)[nH]c(SCc2n[nH]c(=S)o2)n1. The second kappa shape index (κ2) is 4.62. The molecule has 0 aliphatic rings. The second-order valence-electron chi connectivity index (χ2n) is 2.99. The van der Waals surface area contributed by atoms with E-state index in [1.165, 1.54) is 17.8 Å². The molecule has 0 spiro atoms. The summed E-state index contributed by atoms with van der Waals surface area (Å²) in [6.07, 6.45) is 0. The molecule has 0 unspecified atom stereocenters. The fourth-order valence-electron chi connectivity index (χ4n) is 1.07. The molecule has 2 N–H and O–H groups in total. The molecule has 0 saturated heterocycles. The molecular weight excluding hydrogens is 248 g/mol. The van der Waals surface area contributed by atoms with Crippen LogP contribution in [0.3, 0.4) is 0 Å². The molecule has 84 valence electrons. The van der Waals surface area contributed by atoms with Crippen LogP contribution < -0.4 is 5.56 Å². The number of aryl methyl sites for hydroxylation is 1. The maximum absolute atomic E-state index is 11.2. The van der Waals surface area contributed by atoms with Gasteiger partial charge < -0.3 is 9.40 Å². The molecule has 0 aliphatic heterocycles. The highest BCUT2D eigenvalue weighted by Crippen LogP contribution is 2.16. The molecule has 0 fully saturated rings. The second-order valence-corrected chi connectivity index (χ2v) is 4.32. The largest absolute Gasteiger partial charge is 0.413 e. The van der Waals surface area contributed by atoms with Crippen molar-refractivity contribution in [3.05, 3.63) is 32.8 Å². The van der Waals surface area contributed by atoms with Crippen LogP contribution in [0.15, 0.2) is 20.4 Å². The molecule has 0 radical (unpaired) electrons. The third-order valence-corrected chi connectivity index (χ3v) is 2.70. The van der Waals surface area contributed by atoms with E-state index in [9.17, 15) is 4.79 Å². The van der Waals surface area contributed by atoms with Crippen molar-refractivity contribution in [2.24, 2.45) is 0 Å². The predicted molar refractivity (Wildman–Crippen MR) is 60.8 cm³/mol. The number of rotatable bonds is 3. The average molecular weight is 256 g/mol. The zero-order valence-corrected chi connectivity index (χ0v) is 9.94. The third kappa shape index (κ3) is 2.80. The summed E-state index contributed by atoms with van der Waals surface area (Å²) in [7, 11) is 0. The summed E-state index contributed by atoms with van der Waals surface area (Å²) in [4.78, 5) is 18.2. The van der Waals surface area contributed by atoms with Crippen molar-refractivity contribution in [1.82, 2.24) is 20.2 Å². The Hall–Kier alpha value is -1.41. The molecule has 0 aromatic carbocycles. The van der Waals surface area contributed by atoms with Crippen molar-refractivity contribution in [2.75, 3.05) is 0 Å². The Morgan fingerprint density at radius 3 is 3.06 bits per heavy atom. The first kappa shape index (κ1) is 11.1. The number of aromatic nitrogens is 4. The van der Waals surface area contributed by atoms with Crippen molar-refractivity contribution in [3.8, 4) is 0 Å². The normalized spacial score (nSPS) is 10.6. The van der Waals surface area contributed by atoms with Crippen LogP contribution in [0, 0.1) is 11.8 Å². The summed E-state index contributed by atoms with van der Waals surface area (Å²) in [5, 5.41) is 6.90. The lowest BCUT2D eigenvalue weighted by molar-refractivity contribution is 0.500. The minimum absolute atomic E-state index is 0.169. The lowest BCUT2D eigenvalue weighted by Crippen LogP contribution is -2.08. The van der Waals surface area contributed by atoms with Gasteiger partial charge in [-0.2, -0.15) is 0 Å². The Morgan fingerprint density at radius 2 is 2.44 bits per heavy atom. The summed E-state index contributed by atoms with van der Waals surface area (Å²) >= 11 is 6.06. The summed E-state index contributed by atoms with van der Waals surface area (Å²) in [5.41, 5.74) is 0.507. The highest BCUT2D eigenvalue weighted by Gasteiger charge is 2.03. The molecule has 2 rings (SSSR count). The van der Waals surface area contributed by atoms with Crippen LogP contribution in [-0.4, -0.2) is 20.2 Å². The van der Waals surface area contributed by atoms with Crippen LogP contribution >= 0.6 is 24.0 Å².